The zero-order valence-corrected chi connectivity index (χ0v) is 18.5. The van der Waals surface area contributed by atoms with Crippen molar-refractivity contribution in [2.75, 3.05) is 11.1 Å². The number of aromatic nitrogens is 3. The normalized spacial score (nSPS) is 11.4. The lowest BCUT2D eigenvalue weighted by atomic mass is 10.1. The largest absolute Gasteiger partial charge is 0.418 e. The van der Waals surface area contributed by atoms with Gasteiger partial charge in [-0.1, -0.05) is 65.8 Å². The smallest absolute Gasteiger partial charge is 0.325 e. The van der Waals surface area contributed by atoms with Crippen LogP contribution in [0.3, 0.4) is 0 Å². The Morgan fingerprint density at radius 2 is 1.70 bits per heavy atom. The van der Waals surface area contributed by atoms with Crippen LogP contribution in [0.5, 0.6) is 0 Å². The number of thioether (sulfide) groups is 1. The fourth-order valence-electron chi connectivity index (χ4n) is 3.14. The molecule has 0 bridgehead atoms. The highest BCUT2D eigenvalue weighted by Gasteiger charge is 2.33. The average Bonchev–Trinajstić information content (AvgIpc) is 3.22. The molecule has 4 rings (SSSR count). The van der Waals surface area contributed by atoms with E-state index in [-0.39, 0.29) is 11.4 Å². The molecule has 1 N–H and O–H groups in total. The van der Waals surface area contributed by atoms with Crippen LogP contribution in [-0.4, -0.2) is 26.4 Å². The van der Waals surface area contributed by atoms with Crippen LogP contribution in [0.4, 0.5) is 18.9 Å². The Kier molecular flexibility index (Phi) is 6.71. The minimum atomic E-state index is -4.57. The first-order chi connectivity index (χ1) is 15.8. The van der Waals surface area contributed by atoms with E-state index in [9.17, 15) is 18.0 Å². The third-order valence-electron chi connectivity index (χ3n) is 4.57. The Morgan fingerprint density at radius 1 is 0.970 bits per heavy atom. The number of amides is 1. The minimum absolute atomic E-state index is 0.160. The van der Waals surface area contributed by atoms with Gasteiger partial charge in [0.2, 0.25) is 5.91 Å². The van der Waals surface area contributed by atoms with Gasteiger partial charge in [-0.15, -0.1) is 10.2 Å². The van der Waals surface area contributed by atoms with Crippen molar-refractivity contribution in [1.82, 2.24) is 14.8 Å². The van der Waals surface area contributed by atoms with E-state index in [2.05, 4.69) is 15.5 Å². The highest BCUT2D eigenvalue weighted by atomic mass is 35.5. The third kappa shape index (κ3) is 5.37. The fourth-order valence-corrected chi connectivity index (χ4v) is 4.09. The summed E-state index contributed by atoms with van der Waals surface area (Å²) in [5, 5.41) is 11.8. The molecule has 168 valence electrons. The Bertz CT molecular complexity index is 1280. The number of nitrogens with zero attached hydrogens (tertiary/aromatic N) is 3. The van der Waals surface area contributed by atoms with E-state index < -0.39 is 17.6 Å². The second kappa shape index (κ2) is 9.68. The van der Waals surface area contributed by atoms with Gasteiger partial charge in [0, 0.05) is 16.3 Å². The first kappa shape index (κ1) is 22.9. The first-order valence-corrected chi connectivity index (χ1v) is 11.0. The van der Waals surface area contributed by atoms with Gasteiger partial charge in [-0.05, 0) is 36.4 Å². The van der Waals surface area contributed by atoms with E-state index in [1.54, 1.807) is 22.8 Å². The Balaban J connectivity index is 1.59. The van der Waals surface area contributed by atoms with Crippen LogP contribution in [0.1, 0.15) is 5.56 Å². The molecular weight excluding hydrogens is 473 g/mol. The number of benzene rings is 3. The summed E-state index contributed by atoms with van der Waals surface area (Å²) in [6.07, 6.45) is -4.57. The van der Waals surface area contributed by atoms with E-state index in [4.69, 9.17) is 11.6 Å². The van der Waals surface area contributed by atoms with Gasteiger partial charge in [0.05, 0.1) is 17.0 Å². The van der Waals surface area contributed by atoms with Gasteiger partial charge in [-0.2, -0.15) is 13.2 Å². The predicted molar refractivity (Wildman–Crippen MR) is 123 cm³/mol. The fraction of sp³-hybridized carbons (Fsp3) is 0.0870. The number of para-hydroxylation sites is 2. The number of carbonyl (C=O) groups excluding carboxylic acids is 1. The number of nitrogens with one attached hydrogen (secondary N) is 1. The lowest BCUT2D eigenvalue weighted by Crippen LogP contribution is -2.18. The lowest BCUT2D eigenvalue weighted by molar-refractivity contribution is -0.137. The van der Waals surface area contributed by atoms with E-state index in [1.807, 2.05) is 36.4 Å². The van der Waals surface area contributed by atoms with Crippen molar-refractivity contribution >= 4 is 35.0 Å². The maximum Gasteiger partial charge on any atom is 0.418 e. The molecule has 1 amide bonds. The quantitative estimate of drug-likeness (QED) is 0.322. The molecule has 0 aliphatic heterocycles. The second-order valence-corrected chi connectivity index (χ2v) is 8.25. The molecule has 0 unspecified atom stereocenters. The topological polar surface area (TPSA) is 59.8 Å². The summed E-state index contributed by atoms with van der Waals surface area (Å²) >= 11 is 7.19. The Labute approximate surface area is 196 Å². The van der Waals surface area contributed by atoms with Gasteiger partial charge in [0.15, 0.2) is 11.0 Å². The van der Waals surface area contributed by atoms with E-state index in [0.717, 1.165) is 29.1 Å². The first-order valence-electron chi connectivity index (χ1n) is 9.68. The maximum atomic E-state index is 13.2. The van der Waals surface area contributed by atoms with E-state index in [0.29, 0.717) is 16.0 Å². The van der Waals surface area contributed by atoms with Crippen LogP contribution >= 0.6 is 23.4 Å². The van der Waals surface area contributed by atoms with Crippen LogP contribution in [0, 0.1) is 0 Å². The van der Waals surface area contributed by atoms with Gasteiger partial charge in [-0.3, -0.25) is 9.36 Å². The molecule has 10 heteroatoms. The molecule has 4 aromatic rings. The second-order valence-electron chi connectivity index (χ2n) is 6.87. The molecule has 0 saturated carbocycles. The average molecular weight is 489 g/mol. The zero-order chi connectivity index (χ0) is 23.4. The number of anilines is 1. The maximum absolute atomic E-state index is 13.2. The number of rotatable bonds is 6. The highest BCUT2D eigenvalue weighted by molar-refractivity contribution is 7.99. The molecule has 5 nitrogen and oxygen atoms in total. The summed E-state index contributed by atoms with van der Waals surface area (Å²) in [4.78, 5) is 12.5. The van der Waals surface area contributed by atoms with Crippen LogP contribution < -0.4 is 5.32 Å². The number of halogens is 4. The van der Waals surface area contributed by atoms with E-state index >= 15 is 0 Å². The highest BCUT2D eigenvalue weighted by Crippen LogP contribution is 2.35. The van der Waals surface area contributed by atoms with Gasteiger partial charge in [0.25, 0.3) is 0 Å². The number of carbonyl (C=O) groups is 1. The summed E-state index contributed by atoms with van der Waals surface area (Å²) in [5.74, 6) is -0.232. The van der Waals surface area contributed by atoms with E-state index in [1.165, 1.54) is 18.2 Å². The predicted octanol–water partition coefficient (Wildman–Crippen LogP) is 6.34. The molecular formula is C23H16ClF3N4OS. The number of alkyl halides is 3. The SMILES string of the molecule is O=C(CSc1nnc(-c2cccc(Cl)c2)n1-c1ccccc1)Nc1ccccc1C(F)(F)F. The van der Waals surface area contributed by atoms with Crippen LogP contribution in [0.15, 0.2) is 84.0 Å². The molecule has 33 heavy (non-hydrogen) atoms. The molecule has 0 fully saturated rings. The minimum Gasteiger partial charge on any atom is -0.325 e. The number of hydrogen-bond acceptors (Lipinski definition) is 4. The standard InChI is InChI=1S/C23H16ClF3N4OS/c24-16-8-6-7-15(13-16)21-29-30-22(31(21)17-9-2-1-3-10-17)33-14-20(32)28-19-12-5-4-11-18(19)23(25,26)27/h1-13H,14H2,(H,28,32). The molecule has 1 heterocycles. The van der Waals surface area contributed by atoms with Gasteiger partial charge >= 0.3 is 6.18 Å². The van der Waals surface area contributed by atoms with Crippen LogP contribution in [0.25, 0.3) is 17.1 Å². The third-order valence-corrected chi connectivity index (χ3v) is 5.73. The monoisotopic (exact) mass is 488 g/mol. The van der Waals surface area contributed by atoms with Crippen molar-refractivity contribution in [2.45, 2.75) is 11.3 Å². The summed E-state index contributed by atoms with van der Waals surface area (Å²) < 4.78 is 41.4. The van der Waals surface area contributed by atoms with Gasteiger partial charge < -0.3 is 5.32 Å². The van der Waals surface area contributed by atoms with Crippen molar-refractivity contribution < 1.29 is 18.0 Å². The molecule has 0 radical (unpaired) electrons. The molecule has 0 aliphatic carbocycles. The van der Waals surface area contributed by atoms with Crippen molar-refractivity contribution in [3.8, 4) is 17.1 Å². The number of hydrogen-bond donors (Lipinski definition) is 1. The Morgan fingerprint density at radius 3 is 2.42 bits per heavy atom. The van der Waals surface area contributed by atoms with Crippen molar-refractivity contribution in [1.29, 1.82) is 0 Å². The van der Waals surface area contributed by atoms with Crippen molar-refractivity contribution in [2.24, 2.45) is 0 Å². The summed E-state index contributed by atoms with van der Waals surface area (Å²) in [7, 11) is 0. The summed E-state index contributed by atoms with van der Waals surface area (Å²) in [5.41, 5.74) is 0.302. The molecule has 3 aromatic carbocycles. The zero-order valence-electron chi connectivity index (χ0n) is 16.9. The van der Waals surface area contributed by atoms with Gasteiger partial charge in [-0.25, -0.2) is 0 Å². The summed E-state index contributed by atoms with van der Waals surface area (Å²) in [6, 6.07) is 21.3. The van der Waals surface area contributed by atoms with Gasteiger partial charge in [0.1, 0.15) is 0 Å². The van der Waals surface area contributed by atoms with Crippen molar-refractivity contribution in [3.63, 3.8) is 0 Å². The van der Waals surface area contributed by atoms with Crippen molar-refractivity contribution in [3.05, 3.63) is 89.4 Å². The molecule has 0 aliphatic rings. The molecule has 1 aromatic heterocycles. The van der Waals surface area contributed by atoms with Crippen LogP contribution in [0.2, 0.25) is 5.02 Å². The molecule has 0 saturated heterocycles. The molecule has 0 spiro atoms. The molecule has 0 atom stereocenters. The lowest BCUT2D eigenvalue weighted by Gasteiger charge is -2.13. The summed E-state index contributed by atoms with van der Waals surface area (Å²) in [6.45, 7) is 0. The Hall–Kier alpha value is -3.30. The van der Waals surface area contributed by atoms with Crippen LogP contribution in [-0.2, 0) is 11.0 Å².